The van der Waals surface area contributed by atoms with Gasteiger partial charge in [-0.2, -0.15) is 0 Å². The Morgan fingerprint density at radius 3 is 2.33 bits per heavy atom. The summed E-state index contributed by atoms with van der Waals surface area (Å²) < 4.78 is 0. The summed E-state index contributed by atoms with van der Waals surface area (Å²) in [4.78, 5) is 0.489. The molecule has 1 aliphatic carbocycles. The Kier molecular flexibility index (Phi) is 3.25. The van der Waals surface area contributed by atoms with Gasteiger partial charge in [-0.1, -0.05) is 76.1 Å². The van der Waals surface area contributed by atoms with Crippen LogP contribution in [-0.2, 0) is 0 Å². The van der Waals surface area contributed by atoms with Crippen molar-refractivity contribution in [3.05, 3.63) is 71.3 Å². The molecule has 2 aromatic rings. The first-order chi connectivity index (χ1) is 8.75. The zero-order chi connectivity index (χ0) is 12.5. The van der Waals surface area contributed by atoms with Crippen molar-refractivity contribution in [1.82, 2.24) is 0 Å². The molecule has 18 heavy (non-hydrogen) atoms. The van der Waals surface area contributed by atoms with Crippen LogP contribution in [0, 0.1) is 12.8 Å². The Balaban J connectivity index is 1.73. The van der Waals surface area contributed by atoms with Crippen molar-refractivity contribution in [2.75, 3.05) is 0 Å². The second-order valence-corrected chi connectivity index (χ2v) is 6.22. The highest BCUT2D eigenvalue weighted by atomic mass is 79.9. The lowest BCUT2D eigenvalue weighted by Gasteiger charge is -2.10. The molecule has 0 aromatic heterocycles. The molecule has 0 N–H and O–H groups in total. The third-order valence-corrected chi connectivity index (χ3v) is 5.05. The van der Waals surface area contributed by atoms with Crippen molar-refractivity contribution in [3.8, 4) is 0 Å². The van der Waals surface area contributed by atoms with Crippen molar-refractivity contribution >= 4 is 15.9 Å². The van der Waals surface area contributed by atoms with E-state index in [1.165, 1.54) is 23.1 Å². The summed E-state index contributed by atoms with van der Waals surface area (Å²) in [6.07, 6.45) is 1.30. The molecule has 0 amide bonds. The van der Waals surface area contributed by atoms with Gasteiger partial charge in [0.1, 0.15) is 0 Å². The SMILES string of the molecule is Cc1ccc(C(Br)C2CC2c2ccccc2)cc1. The third kappa shape index (κ3) is 2.37. The number of benzene rings is 2. The molecule has 1 saturated carbocycles. The second-order valence-electron chi connectivity index (χ2n) is 5.23. The predicted molar refractivity (Wildman–Crippen MR) is 80.1 cm³/mol. The largest absolute Gasteiger partial charge is 0.0836 e. The van der Waals surface area contributed by atoms with Crippen LogP contribution in [0.2, 0.25) is 0 Å². The number of hydrogen-bond donors (Lipinski definition) is 0. The lowest BCUT2D eigenvalue weighted by atomic mass is 10.0. The smallest absolute Gasteiger partial charge is 0.0429 e. The lowest BCUT2D eigenvalue weighted by Crippen LogP contribution is -1.94. The van der Waals surface area contributed by atoms with Gasteiger partial charge in [-0.05, 0) is 36.3 Å². The minimum absolute atomic E-state index is 0.489. The number of rotatable bonds is 3. The van der Waals surface area contributed by atoms with E-state index in [1.54, 1.807) is 0 Å². The monoisotopic (exact) mass is 300 g/mol. The maximum Gasteiger partial charge on any atom is 0.0429 e. The molecule has 0 aliphatic heterocycles. The molecular weight excluding hydrogens is 284 g/mol. The van der Waals surface area contributed by atoms with Crippen LogP contribution in [0.15, 0.2) is 54.6 Å². The van der Waals surface area contributed by atoms with E-state index >= 15 is 0 Å². The normalized spacial score (nSPS) is 23.7. The molecule has 3 rings (SSSR count). The average molecular weight is 301 g/mol. The molecule has 0 saturated heterocycles. The molecule has 3 unspecified atom stereocenters. The highest BCUT2D eigenvalue weighted by Gasteiger charge is 2.43. The van der Waals surface area contributed by atoms with Crippen LogP contribution in [0.4, 0.5) is 0 Å². The van der Waals surface area contributed by atoms with Crippen LogP contribution in [0.1, 0.15) is 33.9 Å². The summed E-state index contributed by atoms with van der Waals surface area (Å²) in [7, 11) is 0. The van der Waals surface area contributed by atoms with Gasteiger partial charge in [0.25, 0.3) is 0 Å². The van der Waals surface area contributed by atoms with Gasteiger partial charge in [-0.15, -0.1) is 0 Å². The summed E-state index contributed by atoms with van der Waals surface area (Å²) >= 11 is 3.88. The quantitative estimate of drug-likeness (QED) is 0.681. The van der Waals surface area contributed by atoms with E-state index in [2.05, 4.69) is 77.5 Å². The highest BCUT2D eigenvalue weighted by molar-refractivity contribution is 9.09. The standard InChI is InChI=1S/C17H17Br/c1-12-7-9-14(10-8-12)17(18)16-11-15(16)13-5-3-2-4-6-13/h2-10,15-17H,11H2,1H3. The van der Waals surface area contributed by atoms with Crippen molar-refractivity contribution in [3.63, 3.8) is 0 Å². The minimum Gasteiger partial charge on any atom is -0.0836 e. The second kappa shape index (κ2) is 4.89. The number of halogens is 1. The summed E-state index contributed by atoms with van der Waals surface area (Å²) in [6.45, 7) is 2.14. The Hall–Kier alpha value is -1.08. The fourth-order valence-electron chi connectivity index (χ4n) is 2.62. The third-order valence-electron chi connectivity index (χ3n) is 3.84. The van der Waals surface area contributed by atoms with Gasteiger partial charge in [0.15, 0.2) is 0 Å². The van der Waals surface area contributed by atoms with Crippen LogP contribution in [-0.4, -0.2) is 0 Å². The summed E-state index contributed by atoms with van der Waals surface area (Å²) in [6, 6.07) is 19.8. The van der Waals surface area contributed by atoms with Crippen LogP contribution in [0.5, 0.6) is 0 Å². The van der Waals surface area contributed by atoms with Gasteiger partial charge in [0.2, 0.25) is 0 Å². The van der Waals surface area contributed by atoms with E-state index in [9.17, 15) is 0 Å². The van der Waals surface area contributed by atoms with Gasteiger partial charge in [0, 0.05) is 4.83 Å². The number of aryl methyl sites for hydroxylation is 1. The number of alkyl halides is 1. The van der Waals surface area contributed by atoms with Crippen molar-refractivity contribution < 1.29 is 0 Å². The molecular formula is C17H17Br. The van der Waals surface area contributed by atoms with Crippen LogP contribution < -0.4 is 0 Å². The first-order valence-electron chi connectivity index (χ1n) is 6.51. The molecule has 2 aromatic carbocycles. The zero-order valence-electron chi connectivity index (χ0n) is 10.5. The first kappa shape index (κ1) is 12.0. The molecule has 0 radical (unpaired) electrons. The fraction of sp³-hybridized carbons (Fsp3) is 0.294. The maximum atomic E-state index is 3.88. The Labute approximate surface area is 117 Å². The van der Waals surface area contributed by atoms with Crippen LogP contribution in [0.25, 0.3) is 0 Å². The highest BCUT2D eigenvalue weighted by Crippen LogP contribution is 2.57. The van der Waals surface area contributed by atoms with E-state index in [4.69, 9.17) is 0 Å². The topological polar surface area (TPSA) is 0 Å². The van der Waals surface area contributed by atoms with Crippen molar-refractivity contribution in [2.45, 2.75) is 24.1 Å². The van der Waals surface area contributed by atoms with Crippen LogP contribution in [0.3, 0.4) is 0 Å². The van der Waals surface area contributed by atoms with E-state index in [-0.39, 0.29) is 0 Å². The molecule has 1 heteroatoms. The summed E-state index contributed by atoms with van der Waals surface area (Å²) in [5.74, 6) is 1.48. The summed E-state index contributed by atoms with van der Waals surface area (Å²) in [5.41, 5.74) is 4.22. The van der Waals surface area contributed by atoms with Gasteiger partial charge in [-0.3, -0.25) is 0 Å². The van der Waals surface area contributed by atoms with Gasteiger partial charge < -0.3 is 0 Å². The zero-order valence-corrected chi connectivity index (χ0v) is 12.1. The van der Waals surface area contributed by atoms with Gasteiger partial charge in [0.05, 0.1) is 0 Å². The average Bonchev–Trinajstić information content (AvgIpc) is 3.20. The maximum absolute atomic E-state index is 3.88. The molecule has 92 valence electrons. The van der Waals surface area contributed by atoms with E-state index in [0.29, 0.717) is 4.83 Å². The van der Waals surface area contributed by atoms with E-state index in [0.717, 1.165) is 11.8 Å². The van der Waals surface area contributed by atoms with Crippen LogP contribution >= 0.6 is 15.9 Å². The van der Waals surface area contributed by atoms with Crippen molar-refractivity contribution in [2.24, 2.45) is 5.92 Å². The molecule has 0 spiro atoms. The van der Waals surface area contributed by atoms with Crippen molar-refractivity contribution in [1.29, 1.82) is 0 Å². The fourth-order valence-corrected chi connectivity index (χ4v) is 3.51. The molecule has 1 aliphatic rings. The van der Waals surface area contributed by atoms with E-state index in [1.807, 2.05) is 0 Å². The minimum atomic E-state index is 0.489. The Bertz CT molecular complexity index is 515. The number of hydrogen-bond acceptors (Lipinski definition) is 0. The lowest BCUT2D eigenvalue weighted by molar-refractivity contribution is 0.786. The first-order valence-corrected chi connectivity index (χ1v) is 7.43. The van der Waals surface area contributed by atoms with Gasteiger partial charge in [-0.25, -0.2) is 0 Å². The molecule has 3 atom stereocenters. The molecule has 0 nitrogen and oxygen atoms in total. The molecule has 0 bridgehead atoms. The predicted octanol–water partition coefficient (Wildman–Crippen LogP) is 5.23. The van der Waals surface area contributed by atoms with Gasteiger partial charge >= 0.3 is 0 Å². The molecule has 0 heterocycles. The van der Waals surface area contributed by atoms with E-state index < -0.39 is 0 Å². The Morgan fingerprint density at radius 2 is 1.67 bits per heavy atom. The molecule has 1 fully saturated rings. The Morgan fingerprint density at radius 1 is 1.00 bits per heavy atom. The summed E-state index contributed by atoms with van der Waals surface area (Å²) in [5, 5.41) is 0.